The van der Waals surface area contributed by atoms with Crippen molar-refractivity contribution < 1.29 is 35.9 Å². The van der Waals surface area contributed by atoms with Crippen LogP contribution < -0.4 is 10.6 Å². The standard InChI is InChI=1S/C28H24F6N6O2S2/c29-27(30,31)19-8-1-4-15(10-19)12-21(41)35-25-39-37-23(43-25)17-6-3-7-18(14-17)24-38-40-26(44-24)36-22(42)13-16-5-2-9-20(11-16)28(32,33)34/h1-2,4-5,8-11,17-18H,3,6-7,12-14H2,(H,35,39,41)(H,36,40,42)/t17-,18-/m1/s1. The summed E-state index contributed by atoms with van der Waals surface area (Å²) in [6.45, 7) is 0. The average Bonchev–Trinajstić information content (AvgIpc) is 3.62. The van der Waals surface area contributed by atoms with Crippen molar-refractivity contribution in [3.05, 3.63) is 80.8 Å². The molecule has 5 rings (SSSR count). The Labute approximate surface area is 254 Å². The van der Waals surface area contributed by atoms with Crippen LogP contribution in [0.15, 0.2) is 48.5 Å². The molecule has 1 fully saturated rings. The normalized spacial score (nSPS) is 17.3. The summed E-state index contributed by atoms with van der Waals surface area (Å²) in [5.41, 5.74) is -1.21. The Morgan fingerprint density at radius 3 is 1.55 bits per heavy atom. The van der Waals surface area contributed by atoms with E-state index < -0.39 is 35.3 Å². The van der Waals surface area contributed by atoms with E-state index in [1.807, 2.05) is 0 Å². The van der Waals surface area contributed by atoms with Gasteiger partial charge in [-0.15, -0.1) is 20.4 Å². The Morgan fingerprint density at radius 2 is 1.14 bits per heavy atom. The Morgan fingerprint density at radius 1 is 0.705 bits per heavy atom. The Kier molecular flexibility index (Phi) is 9.29. The van der Waals surface area contributed by atoms with E-state index >= 15 is 0 Å². The molecular weight excluding hydrogens is 630 g/mol. The largest absolute Gasteiger partial charge is 0.416 e. The Balaban J connectivity index is 1.15. The zero-order valence-electron chi connectivity index (χ0n) is 22.7. The molecule has 232 valence electrons. The van der Waals surface area contributed by atoms with Gasteiger partial charge in [0.1, 0.15) is 10.0 Å². The van der Waals surface area contributed by atoms with Gasteiger partial charge in [0.15, 0.2) is 0 Å². The van der Waals surface area contributed by atoms with Gasteiger partial charge in [-0.25, -0.2) is 0 Å². The predicted octanol–water partition coefficient (Wildman–Crippen LogP) is 7.23. The molecule has 1 aliphatic rings. The molecule has 1 aliphatic carbocycles. The molecule has 1 saturated carbocycles. The van der Waals surface area contributed by atoms with Crippen LogP contribution in [0.25, 0.3) is 0 Å². The van der Waals surface area contributed by atoms with Crippen LogP contribution in [0.5, 0.6) is 0 Å². The first-order valence-electron chi connectivity index (χ1n) is 13.4. The monoisotopic (exact) mass is 654 g/mol. The van der Waals surface area contributed by atoms with Crippen LogP contribution in [0, 0.1) is 0 Å². The highest BCUT2D eigenvalue weighted by molar-refractivity contribution is 7.15. The summed E-state index contributed by atoms with van der Waals surface area (Å²) in [4.78, 5) is 24.9. The molecule has 44 heavy (non-hydrogen) atoms. The van der Waals surface area contributed by atoms with Gasteiger partial charge in [-0.1, -0.05) is 65.5 Å². The maximum atomic E-state index is 13.0. The second-order valence-electron chi connectivity index (χ2n) is 10.3. The van der Waals surface area contributed by atoms with Gasteiger partial charge in [-0.05, 0) is 42.5 Å². The van der Waals surface area contributed by atoms with Gasteiger partial charge in [0.25, 0.3) is 0 Å². The van der Waals surface area contributed by atoms with Gasteiger partial charge in [0.05, 0.1) is 24.0 Å². The molecule has 2 aromatic heterocycles. The number of anilines is 2. The topological polar surface area (TPSA) is 110 Å². The quantitative estimate of drug-likeness (QED) is 0.194. The maximum absolute atomic E-state index is 13.0. The molecule has 0 unspecified atom stereocenters. The summed E-state index contributed by atoms with van der Waals surface area (Å²) in [5, 5.41) is 23.7. The summed E-state index contributed by atoms with van der Waals surface area (Å²) in [5.74, 6) is -0.957. The van der Waals surface area contributed by atoms with E-state index in [9.17, 15) is 35.9 Å². The van der Waals surface area contributed by atoms with E-state index in [4.69, 9.17) is 0 Å². The number of nitrogens with one attached hydrogen (secondary N) is 2. The van der Waals surface area contributed by atoms with Crippen LogP contribution >= 0.6 is 22.7 Å². The van der Waals surface area contributed by atoms with Gasteiger partial charge >= 0.3 is 12.4 Å². The number of aromatic nitrogens is 4. The van der Waals surface area contributed by atoms with Crippen molar-refractivity contribution in [1.29, 1.82) is 0 Å². The van der Waals surface area contributed by atoms with Crippen molar-refractivity contribution in [2.45, 2.75) is 62.7 Å². The first kappa shape index (κ1) is 31.5. The van der Waals surface area contributed by atoms with Crippen LogP contribution in [0.2, 0.25) is 0 Å². The molecule has 8 nitrogen and oxygen atoms in total. The molecule has 2 amide bonds. The van der Waals surface area contributed by atoms with Gasteiger partial charge in [0, 0.05) is 11.8 Å². The molecule has 0 spiro atoms. The van der Waals surface area contributed by atoms with Crippen LogP contribution in [0.1, 0.15) is 69.8 Å². The van der Waals surface area contributed by atoms with Crippen LogP contribution in [-0.2, 0) is 34.8 Å². The minimum Gasteiger partial charge on any atom is -0.300 e. The first-order valence-corrected chi connectivity index (χ1v) is 15.1. The summed E-state index contributed by atoms with van der Waals surface area (Å²) < 4.78 is 77.8. The fourth-order valence-corrected chi connectivity index (χ4v) is 6.77. The average molecular weight is 655 g/mol. The van der Waals surface area contributed by atoms with Gasteiger partial charge < -0.3 is 10.6 Å². The second kappa shape index (κ2) is 13.0. The minimum atomic E-state index is -4.50. The molecular formula is C28H24F6N6O2S2. The fourth-order valence-electron chi connectivity index (χ4n) is 4.95. The summed E-state index contributed by atoms with van der Waals surface area (Å²) in [6.07, 6.45) is -6.29. The van der Waals surface area contributed by atoms with Gasteiger partial charge in [0.2, 0.25) is 22.1 Å². The van der Waals surface area contributed by atoms with Crippen molar-refractivity contribution in [1.82, 2.24) is 20.4 Å². The van der Waals surface area contributed by atoms with Crippen molar-refractivity contribution in [2.24, 2.45) is 0 Å². The van der Waals surface area contributed by atoms with Crippen molar-refractivity contribution >= 4 is 44.8 Å². The molecule has 0 aliphatic heterocycles. The number of carbonyl (C=O) groups is 2. The Hall–Kier alpha value is -3.92. The zero-order chi connectivity index (χ0) is 31.5. The highest BCUT2D eigenvalue weighted by atomic mass is 32.1. The van der Waals surface area contributed by atoms with Gasteiger partial charge in [-0.2, -0.15) is 26.3 Å². The highest BCUT2D eigenvalue weighted by Gasteiger charge is 2.32. The summed E-state index contributed by atoms with van der Waals surface area (Å²) >= 11 is 2.41. The minimum absolute atomic E-state index is 0.0308. The molecule has 2 N–H and O–H groups in total. The number of alkyl halides is 6. The third kappa shape index (κ3) is 8.16. The number of amides is 2. The Bertz CT molecular complexity index is 1520. The lowest BCUT2D eigenvalue weighted by Gasteiger charge is -2.25. The third-order valence-electron chi connectivity index (χ3n) is 6.98. The SMILES string of the molecule is O=C(Cc1cccc(C(F)(F)F)c1)Nc1nnc([C@@H]2CCC[C@@H](c3nnc(NC(=O)Cc4cccc(C(F)(F)F)c4)s3)C2)s1. The predicted molar refractivity (Wildman–Crippen MR) is 151 cm³/mol. The van der Waals surface area contributed by atoms with Crippen LogP contribution in [0.3, 0.4) is 0 Å². The molecule has 0 saturated heterocycles. The summed E-state index contributed by atoms with van der Waals surface area (Å²) in [7, 11) is 0. The number of hydrogen-bond acceptors (Lipinski definition) is 8. The van der Waals surface area contributed by atoms with E-state index in [2.05, 4.69) is 31.0 Å². The molecule has 2 heterocycles. The molecule has 2 aromatic carbocycles. The van der Waals surface area contributed by atoms with E-state index in [1.54, 1.807) is 0 Å². The number of benzene rings is 2. The molecule has 4 aromatic rings. The number of nitrogens with zero attached hydrogens (tertiary/aromatic N) is 4. The van der Waals surface area contributed by atoms with Crippen molar-refractivity contribution in [3.63, 3.8) is 0 Å². The molecule has 0 bridgehead atoms. The van der Waals surface area contributed by atoms with E-state index in [-0.39, 0.29) is 46.1 Å². The van der Waals surface area contributed by atoms with E-state index in [1.165, 1.54) is 46.9 Å². The third-order valence-corrected chi connectivity index (χ3v) is 8.99. The maximum Gasteiger partial charge on any atom is 0.416 e. The first-order chi connectivity index (χ1) is 20.8. The number of hydrogen-bond donors (Lipinski definition) is 2. The van der Waals surface area contributed by atoms with Gasteiger partial charge in [-0.3, -0.25) is 9.59 Å². The van der Waals surface area contributed by atoms with Crippen molar-refractivity contribution in [3.8, 4) is 0 Å². The van der Waals surface area contributed by atoms with E-state index in [0.29, 0.717) is 16.4 Å². The summed E-state index contributed by atoms with van der Waals surface area (Å²) in [6, 6.07) is 9.17. The number of halogens is 6. The van der Waals surface area contributed by atoms with E-state index in [0.717, 1.165) is 43.5 Å². The second-order valence-corrected chi connectivity index (χ2v) is 12.3. The smallest absolute Gasteiger partial charge is 0.300 e. The highest BCUT2D eigenvalue weighted by Crippen LogP contribution is 2.43. The molecule has 2 atom stereocenters. The zero-order valence-corrected chi connectivity index (χ0v) is 24.3. The fraction of sp³-hybridized carbons (Fsp3) is 0.357. The lowest BCUT2D eigenvalue weighted by molar-refractivity contribution is -0.138. The lowest BCUT2D eigenvalue weighted by Crippen LogP contribution is -2.15. The van der Waals surface area contributed by atoms with Crippen LogP contribution in [-0.4, -0.2) is 32.2 Å². The number of rotatable bonds is 8. The van der Waals surface area contributed by atoms with Crippen molar-refractivity contribution in [2.75, 3.05) is 10.6 Å². The van der Waals surface area contributed by atoms with Crippen LogP contribution in [0.4, 0.5) is 36.6 Å². The lowest BCUT2D eigenvalue weighted by atomic mass is 9.82. The number of carbonyl (C=O) groups excluding carboxylic acids is 2. The molecule has 0 radical (unpaired) electrons. The molecule has 16 heteroatoms.